The summed E-state index contributed by atoms with van der Waals surface area (Å²) in [5.41, 5.74) is 5.27. The number of unbranched alkanes of at least 4 members (excludes halogenated alkanes) is 2. The van der Waals surface area contributed by atoms with E-state index in [4.69, 9.17) is 11.1 Å². The van der Waals surface area contributed by atoms with Crippen LogP contribution in [0, 0.1) is 17.2 Å². The topological polar surface area (TPSA) is 137 Å². The normalized spacial score (nSPS) is 13.9. The minimum atomic E-state index is -1.20. The third-order valence-electron chi connectivity index (χ3n) is 5.54. The van der Waals surface area contributed by atoms with Crippen molar-refractivity contribution in [3.05, 3.63) is 0 Å². The van der Waals surface area contributed by atoms with E-state index < -0.39 is 12.0 Å². The van der Waals surface area contributed by atoms with Crippen molar-refractivity contribution < 1.29 is 19.5 Å². The van der Waals surface area contributed by atoms with Gasteiger partial charge in [-0.15, -0.1) is 0 Å². The van der Waals surface area contributed by atoms with Crippen LogP contribution in [0.1, 0.15) is 91.9 Å². The second-order valence-electron chi connectivity index (χ2n) is 7.88. The summed E-state index contributed by atoms with van der Waals surface area (Å²) in [7, 11) is 0. The minimum Gasteiger partial charge on any atom is -0.480 e. The first-order valence-electron chi connectivity index (χ1n) is 11.4. The Hall–Kier alpha value is -2.12. The Morgan fingerprint density at radius 1 is 0.900 bits per heavy atom. The van der Waals surface area contributed by atoms with Crippen LogP contribution in [0.4, 0.5) is 0 Å². The predicted octanol–water partition coefficient (Wildman–Crippen LogP) is 3.49. The Balaban J connectivity index is 5.77. The van der Waals surface area contributed by atoms with E-state index in [2.05, 4.69) is 5.32 Å². The summed E-state index contributed by atoms with van der Waals surface area (Å²) < 4.78 is 0. The zero-order valence-corrected chi connectivity index (χ0v) is 19.2. The standard InChI is InChI=1S/C22H42N4O4/c1-5-9-12-16(7-3)19(27)26(20(28)17(8-4)13-10-6-2)18(21(29)30)14-11-15-25-22(23)24/h16-18H,5-15H2,1-4H3,(H,29,30)(H4,23,24,25)/t16?,17?,18-/m0/s1. The van der Waals surface area contributed by atoms with Crippen LogP contribution in [0.2, 0.25) is 0 Å². The maximum Gasteiger partial charge on any atom is 0.326 e. The Labute approximate surface area is 181 Å². The molecule has 174 valence electrons. The fraction of sp³-hybridized carbons (Fsp3) is 0.818. The zero-order valence-electron chi connectivity index (χ0n) is 19.2. The molecule has 0 saturated carbocycles. The van der Waals surface area contributed by atoms with E-state index in [1.165, 1.54) is 0 Å². The maximum atomic E-state index is 13.4. The molecule has 0 bridgehead atoms. The summed E-state index contributed by atoms with van der Waals surface area (Å²) in [6, 6.07) is -1.20. The molecule has 0 aromatic rings. The Bertz CT molecular complexity index is 525. The molecule has 0 aliphatic carbocycles. The smallest absolute Gasteiger partial charge is 0.326 e. The van der Waals surface area contributed by atoms with Crippen LogP contribution in [0.15, 0.2) is 0 Å². The van der Waals surface area contributed by atoms with Gasteiger partial charge >= 0.3 is 5.97 Å². The molecular formula is C22H42N4O4. The van der Waals surface area contributed by atoms with Gasteiger partial charge in [-0.1, -0.05) is 53.4 Å². The summed E-state index contributed by atoms with van der Waals surface area (Å²) in [6.07, 6.45) is 6.56. The molecule has 0 rings (SSSR count). The second-order valence-corrected chi connectivity index (χ2v) is 7.88. The number of nitrogens with two attached hydrogens (primary N) is 1. The van der Waals surface area contributed by atoms with Crippen LogP contribution in [0.5, 0.6) is 0 Å². The molecule has 0 fully saturated rings. The molecule has 0 radical (unpaired) electrons. The van der Waals surface area contributed by atoms with E-state index in [-0.39, 0.29) is 36.0 Å². The van der Waals surface area contributed by atoms with Crippen molar-refractivity contribution >= 4 is 23.7 Å². The largest absolute Gasteiger partial charge is 0.480 e. The third-order valence-corrected chi connectivity index (χ3v) is 5.54. The molecule has 3 atom stereocenters. The number of rotatable bonds is 16. The average Bonchev–Trinajstić information content (AvgIpc) is 2.70. The lowest BCUT2D eigenvalue weighted by atomic mass is 9.92. The van der Waals surface area contributed by atoms with Crippen LogP contribution in [-0.4, -0.2) is 46.3 Å². The van der Waals surface area contributed by atoms with Crippen molar-refractivity contribution in [2.75, 3.05) is 6.54 Å². The van der Waals surface area contributed by atoms with Crippen LogP contribution in [0.25, 0.3) is 0 Å². The monoisotopic (exact) mass is 426 g/mol. The van der Waals surface area contributed by atoms with Crippen molar-refractivity contribution in [1.29, 1.82) is 5.41 Å². The SMILES string of the molecule is CCCCC(CC)C(=O)N(C(=O)C(CC)CCCC)[C@@H](CCCNC(=N)N)C(=O)O. The number of nitrogens with zero attached hydrogens (tertiary/aromatic N) is 1. The highest BCUT2D eigenvalue weighted by Crippen LogP contribution is 2.24. The Morgan fingerprint density at radius 2 is 1.37 bits per heavy atom. The highest BCUT2D eigenvalue weighted by atomic mass is 16.4. The van der Waals surface area contributed by atoms with Crippen LogP contribution in [0.3, 0.4) is 0 Å². The number of carbonyl (C=O) groups is 3. The fourth-order valence-corrected chi connectivity index (χ4v) is 3.60. The van der Waals surface area contributed by atoms with Crippen molar-refractivity contribution in [2.45, 2.75) is 97.9 Å². The van der Waals surface area contributed by atoms with Gasteiger partial charge in [0.25, 0.3) is 0 Å². The van der Waals surface area contributed by atoms with Gasteiger partial charge in [0.1, 0.15) is 6.04 Å². The summed E-state index contributed by atoms with van der Waals surface area (Å²) >= 11 is 0. The summed E-state index contributed by atoms with van der Waals surface area (Å²) in [6.45, 7) is 8.21. The molecule has 0 aliphatic heterocycles. The molecule has 0 aromatic heterocycles. The van der Waals surface area contributed by atoms with Crippen LogP contribution in [-0.2, 0) is 14.4 Å². The molecule has 30 heavy (non-hydrogen) atoms. The maximum absolute atomic E-state index is 13.4. The molecule has 8 heteroatoms. The second kappa shape index (κ2) is 15.7. The summed E-state index contributed by atoms with van der Waals surface area (Å²) in [5.74, 6) is -2.79. The molecule has 0 aliphatic rings. The number of carbonyl (C=O) groups excluding carboxylic acids is 2. The molecule has 0 aromatic carbocycles. The van der Waals surface area contributed by atoms with Crippen molar-refractivity contribution in [3.63, 3.8) is 0 Å². The van der Waals surface area contributed by atoms with Gasteiger partial charge in [-0.2, -0.15) is 0 Å². The van der Waals surface area contributed by atoms with Gasteiger partial charge in [0.2, 0.25) is 11.8 Å². The number of guanidine groups is 1. The van der Waals surface area contributed by atoms with Crippen LogP contribution < -0.4 is 11.1 Å². The predicted molar refractivity (Wildman–Crippen MR) is 119 cm³/mol. The van der Waals surface area contributed by atoms with Gasteiger partial charge in [-0.3, -0.25) is 19.9 Å². The summed E-state index contributed by atoms with van der Waals surface area (Å²) in [5, 5.41) is 19.7. The lowest BCUT2D eigenvalue weighted by Gasteiger charge is -2.33. The number of amides is 2. The van der Waals surface area contributed by atoms with Crippen molar-refractivity contribution in [1.82, 2.24) is 10.2 Å². The van der Waals surface area contributed by atoms with E-state index in [9.17, 15) is 19.5 Å². The molecule has 0 heterocycles. The van der Waals surface area contributed by atoms with Crippen molar-refractivity contribution in [3.8, 4) is 0 Å². The van der Waals surface area contributed by atoms with E-state index >= 15 is 0 Å². The molecule has 2 unspecified atom stereocenters. The van der Waals surface area contributed by atoms with Gasteiger partial charge in [0, 0.05) is 18.4 Å². The molecule has 5 N–H and O–H groups in total. The Morgan fingerprint density at radius 3 is 1.70 bits per heavy atom. The van der Waals surface area contributed by atoms with Gasteiger partial charge in [-0.05, 0) is 38.5 Å². The molecular weight excluding hydrogens is 384 g/mol. The lowest BCUT2D eigenvalue weighted by molar-refractivity contribution is -0.162. The number of imide groups is 1. The lowest BCUT2D eigenvalue weighted by Crippen LogP contribution is -2.53. The minimum absolute atomic E-state index is 0.127. The molecule has 0 spiro atoms. The number of carboxylic acid groups (broad SMARTS) is 1. The van der Waals surface area contributed by atoms with E-state index in [1.807, 2.05) is 27.7 Å². The van der Waals surface area contributed by atoms with Gasteiger partial charge in [-0.25, -0.2) is 4.79 Å². The number of hydrogen-bond donors (Lipinski definition) is 4. The van der Waals surface area contributed by atoms with Gasteiger partial charge in [0.05, 0.1) is 0 Å². The van der Waals surface area contributed by atoms with E-state index in [0.29, 0.717) is 38.6 Å². The van der Waals surface area contributed by atoms with E-state index in [0.717, 1.165) is 30.6 Å². The number of aliphatic carboxylic acids is 1. The Kier molecular flexibility index (Phi) is 14.6. The quantitative estimate of drug-likeness (QED) is 0.169. The van der Waals surface area contributed by atoms with E-state index in [1.54, 1.807) is 0 Å². The zero-order chi connectivity index (χ0) is 23.1. The number of nitrogens with one attached hydrogen (secondary N) is 2. The van der Waals surface area contributed by atoms with Gasteiger partial charge in [0.15, 0.2) is 5.96 Å². The van der Waals surface area contributed by atoms with Gasteiger partial charge < -0.3 is 16.2 Å². The molecule has 8 nitrogen and oxygen atoms in total. The molecule has 2 amide bonds. The van der Waals surface area contributed by atoms with Crippen LogP contribution >= 0.6 is 0 Å². The molecule has 0 saturated heterocycles. The first-order chi connectivity index (χ1) is 14.2. The highest BCUT2D eigenvalue weighted by molar-refractivity contribution is 6.01. The average molecular weight is 427 g/mol. The number of hydrogen-bond acceptors (Lipinski definition) is 4. The summed E-state index contributed by atoms with van der Waals surface area (Å²) in [4.78, 5) is 39.9. The first kappa shape index (κ1) is 27.9. The van der Waals surface area contributed by atoms with Crippen molar-refractivity contribution in [2.24, 2.45) is 17.6 Å². The number of carboxylic acids is 1. The first-order valence-corrected chi connectivity index (χ1v) is 11.4. The third kappa shape index (κ3) is 9.59. The fourth-order valence-electron chi connectivity index (χ4n) is 3.60. The highest BCUT2D eigenvalue weighted by Gasteiger charge is 2.39.